The van der Waals surface area contributed by atoms with Crippen molar-refractivity contribution in [3.05, 3.63) is 17.7 Å². The largest absolute Gasteiger partial charge is 0.394 e. The van der Waals surface area contributed by atoms with Gasteiger partial charge in [-0.3, -0.25) is 10.1 Å². The number of hydrogen-bond acceptors (Lipinski definition) is 4. The number of rotatable bonds is 3. The highest BCUT2D eigenvalue weighted by Gasteiger charge is 2.38. The van der Waals surface area contributed by atoms with Crippen LogP contribution in [-0.2, 0) is 17.8 Å². The molecule has 1 fully saturated rings. The maximum Gasteiger partial charge on any atom is 0.238 e. The standard InChI is InChI=1S/C15H24N4O2/c1-10-3-2-4-15(6-10,8-20)19-14(21)12-5-11-13(7-16-12)18-9-17-11/h9-10,12,16,20H,2-8H2,1H3,(H,17,18)(H,19,21). The number of hydrogen-bond donors (Lipinski definition) is 4. The molecule has 3 rings (SSSR count). The van der Waals surface area contributed by atoms with Crippen molar-refractivity contribution in [3.63, 3.8) is 0 Å². The highest BCUT2D eigenvalue weighted by molar-refractivity contribution is 5.83. The number of aliphatic hydroxyl groups is 1. The van der Waals surface area contributed by atoms with Crippen LogP contribution in [0.15, 0.2) is 6.33 Å². The number of nitrogens with zero attached hydrogens (tertiary/aromatic N) is 1. The molecule has 0 saturated heterocycles. The number of carbonyl (C=O) groups excluding carboxylic acids is 1. The lowest BCUT2D eigenvalue weighted by Crippen LogP contribution is -2.59. The number of amides is 1. The molecule has 2 aliphatic rings. The molecule has 1 aromatic rings. The van der Waals surface area contributed by atoms with E-state index < -0.39 is 5.54 Å². The lowest BCUT2D eigenvalue weighted by molar-refractivity contribution is -0.126. The third kappa shape index (κ3) is 2.96. The summed E-state index contributed by atoms with van der Waals surface area (Å²) in [4.78, 5) is 19.9. The molecule has 1 aliphatic heterocycles. The highest BCUT2D eigenvalue weighted by Crippen LogP contribution is 2.32. The summed E-state index contributed by atoms with van der Waals surface area (Å²) in [6.07, 6.45) is 6.22. The van der Waals surface area contributed by atoms with Gasteiger partial charge in [-0.05, 0) is 18.8 Å². The number of aromatic amines is 1. The number of aromatic nitrogens is 2. The van der Waals surface area contributed by atoms with Crippen molar-refractivity contribution in [2.45, 2.75) is 57.2 Å². The first-order valence-electron chi connectivity index (χ1n) is 7.79. The molecule has 0 spiro atoms. The van der Waals surface area contributed by atoms with Gasteiger partial charge >= 0.3 is 0 Å². The molecule has 1 amide bonds. The van der Waals surface area contributed by atoms with Crippen molar-refractivity contribution in [2.24, 2.45) is 5.92 Å². The van der Waals surface area contributed by atoms with Crippen molar-refractivity contribution < 1.29 is 9.90 Å². The van der Waals surface area contributed by atoms with Gasteiger partial charge in [0.1, 0.15) is 0 Å². The number of aliphatic hydroxyl groups excluding tert-OH is 1. The van der Waals surface area contributed by atoms with Gasteiger partial charge in [-0.2, -0.15) is 0 Å². The van der Waals surface area contributed by atoms with E-state index in [4.69, 9.17) is 0 Å². The second kappa shape index (κ2) is 5.77. The lowest BCUT2D eigenvalue weighted by atomic mass is 9.76. The molecule has 1 aliphatic carbocycles. The number of H-pyrrole nitrogens is 1. The summed E-state index contributed by atoms with van der Waals surface area (Å²) in [6, 6.07) is -0.263. The SMILES string of the molecule is CC1CCCC(CO)(NC(=O)C2Cc3nc[nH]c3CN2)C1. The Balaban J connectivity index is 1.66. The monoisotopic (exact) mass is 292 g/mol. The average Bonchev–Trinajstić information content (AvgIpc) is 2.94. The highest BCUT2D eigenvalue weighted by atomic mass is 16.3. The smallest absolute Gasteiger partial charge is 0.238 e. The fraction of sp³-hybridized carbons (Fsp3) is 0.733. The second-order valence-electron chi connectivity index (χ2n) is 6.59. The number of imidazole rings is 1. The first-order chi connectivity index (χ1) is 10.1. The van der Waals surface area contributed by atoms with Crippen molar-refractivity contribution in [1.29, 1.82) is 0 Å². The van der Waals surface area contributed by atoms with Gasteiger partial charge in [0.2, 0.25) is 5.91 Å². The molecule has 21 heavy (non-hydrogen) atoms. The maximum atomic E-state index is 12.5. The predicted molar refractivity (Wildman–Crippen MR) is 78.5 cm³/mol. The summed E-state index contributed by atoms with van der Waals surface area (Å²) in [7, 11) is 0. The van der Waals surface area contributed by atoms with Crippen LogP contribution >= 0.6 is 0 Å². The summed E-state index contributed by atoms with van der Waals surface area (Å²) in [5.74, 6) is 0.523. The zero-order valence-corrected chi connectivity index (χ0v) is 12.5. The van der Waals surface area contributed by atoms with Crippen molar-refractivity contribution in [1.82, 2.24) is 20.6 Å². The zero-order valence-electron chi connectivity index (χ0n) is 12.5. The molecular formula is C15H24N4O2. The second-order valence-corrected chi connectivity index (χ2v) is 6.59. The van der Waals surface area contributed by atoms with E-state index in [0.29, 0.717) is 18.9 Å². The van der Waals surface area contributed by atoms with E-state index >= 15 is 0 Å². The molecule has 4 N–H and O–H groups in total. The Hall–Kier alpha value is -1.40. The van der Waals surface area contributed by atoms with Gasteiger partial charge in [0.15, 0.2) is 0 Å². The van der Waals surface area contributed by atoms with E-state index in [1.165, 1.54) is 6.42 Å². The molecule has 116 valence electrons. The minimum absolute atomic E-state index is 0.0173. The Morgan fingerprint density at radius 3 is 3.24 bits per heavy atom. The van der Waals surface area contributed by atoms with Gasteiger partial charge in [-0.15, -0.1) is 0 Å². The first kappa shape index (κ1) is 14.5. The van der Waals surface area contributed by atoms with Crippen molar-refractivity contribution in [2.75, 3.05) is 6.61 Å². The Morgan fingerprint density at radius 1 is 1.62 bits per heavy atom. The van der Waals surface area contributed by atoms with E-state index in [1.807, 2.05) is 0 Å². The van der Waals surface area contributed by atoms with E-state index in [2.05, 4.69) is 27.5 Å². The molecule has 3 atom stereocenters. The summed E-state index contributed by atoms with van der Waals surface area (Å²) >= 11 is 0. The van der Waals surface area contributed by atoms with Gasteiger partial charge in [0.05, 0.1) is 35.9 Å². The molecule has 1 aromatic heterocycles. The Labute approximate surface area is 124 Å². The summed E-state index contributed by atoms with van der Waals surface area (Å²) in [5, 5.41) is 16.1. The minimum atomic E-state index is -0.442. The van der Waals surface area contributed by atoms with Crippen molar-refractivity contribution >= 4 is 5.91 Å². The van der Waals surface area contributed by atoms with Crippen LogP contribution in [0.25, 0.3) is 0 Å². The molecule has 6 nitrogen and oxygen atoms in total. The third-order valence-corrected chi connectivity index (χ3v) is 4.83. The topological polar surface area (TPSA) is 90.0 Å². The maximum absolute atomic E-state index is 12.5. The number of fused-ring (bicyclic) bond motifs is 1. The minimum Gasteiger partial charge on any atom is -0.394 e. The molecule has 0 radical (unpaired) electrons. The molecule has 2 heterocycles. The van der Waals surface area contributed by atoms with E-state index in [1.54, 1.807) is 6.33 Å². The number of carbonyl (C=O) groups is 1. The van der Waals surface area contributed by atoms with Crippen molar-refractivity contribution in [3.8, 4) is 0 Å². The van der Waals surface area contributed by atoms with Crippen LogP contribution in [0.5, 0.6) is 0 Å². The molecule has 3 unspecified atom stereocenters. The van der Waals surface area contributed by atoms with Crippen LogP contribution < -0.4 is 10.6 Å². The summed E-state index contributed by atoms with van der Waals surface area (Å²) in [5.41, 5.74) is 1.58. The first-order valence-corrected chi connectivity index (χ1v) is 7.79. The lowest BCUT2D eigenvalue weighted by Gasteiger charge is -2.40. The molecule has 0 bridgehead atoms. The number of nitrogens with one attached hydrogen (secondary N) is 3. The summed E-state index contributed by atoms with van der Waals surface area (Å²) < 4.78 is 0. The Bertz CT molecular complexity index is 516. The van der Waals surface area contributed by atoms with Crippen LogP contribution in [0.2, 0.25) is 0 Å². The quantitative estimate of drug-likeness (QED) is 0.652. The normalized spacial score (nSPS) is 32.5. The van der Waals surface area contributed by atoms with E-state index in [0.717, 1.165) is 30.7 Å². The average molecular weight is 292 g/mol. The molecular weight excluding hydrogens is 268 g/mol. The van der Waals surface area contributed by atoms with Crippen LogP contribution in [0, 0.1) is 5.92 Å². The fourth-order valence-electron chi connectivity index (χ4n) is 3.66. The van der Waals surface area contributed by atoms with Gasteiger partial charge in [-0.25, -0.2) is 4.98 Å². The molecule has 6 heteroatoms. The third-order valence-electron chi connectivity index (χ3n) is 4.83. The molecule has 1 saturated carbocycles. The Morgan fingerprint density at radius 2 is 2.48 bits per heavy atom. The van der Waals surface area contributed by atoms with Gasteiger partial charge in [0.25, 0.3) is 0 Å². The molecule has 0 aromatic carbocycles. The van der Waals surface area contributed by atoms with Crippen LogP contribution in [-0.4, -0.2) is 39.2 Å². The van der Waals surface area contributed by atoms with E-state index in [9.17, 15) is 9.90 Å². The van der Waals surface area contributed by atoms with Gasteiger partial charge < -0.3 is 15.4 Å². The van der Waals surface area contributed by atoms with Crippen LogP contribution in [0.4, 0.5) is 0 Å². The van der Waals surface area contributed by atoms with Gasteiger partial charge in [-0.1, -0.05) is 19.8 Å². The fourth-order valence-corrected chi connectivity index (χ4v) is 3.66. The van der Waals surface area contributed by atoms with Crippen LogP contribution in [0.1, 0.15) is 44.0 Å². The predicted octanol–water partition coefficient (Wildman–Crippen LogP) is 0.481. The van der Waals surface area contributed by atoms with E-state index in [-0.39, 0.29) is 18.6 Å². The summed E-state index contributed by atoms with van der Waals surface area (Å²) in [6.45, 7) is 2.84. The Kier molecular flexibility index (Phi) is 3.99. The van der Waals surface area contributed by atoms with Crippen LogP contribution in [0.3, 0.4) is 0 Å². The van der Waals surface area contributed by atoms with Gasteiger partial charge in [0, 0.05) is 13.0 Å². The zero-order chi connectivity index (χ0) is 14.9.